The minimum atomic E-state index is -0.860. The van der Waals surface area contributed by atoms with Crippen LogP contribution in [-0.4, -0.2) is 22.2 Å². The first-order valence-corrected chi connectivity index (χ1v) is 6.14. The van der Waals surface area contributed by atoms with Gasteiger partial charge in [-0.3, -0.25) is 0 Å². The van der Waals surface area contributed by atoms with Gasteiger partial charge >= 0.3 is 11.9 Å². The van der Waals surface area contributed by atoms with Gasteiger partial charge in [0.2, 0.25) is 0 Å². The van der Waals surface area contributed by atoms with E-state index in [1.807, 2.05) is 0 Å². The van der Waals surface area contributed by atoms with Gasteiger partial charge in [-0.05, 0) is 26.7 Å². The third-order valence-corrected chi connectivity index (χ3v) is 2.40. The average Bonchev–Trinajstić information content (AvgIpc) is 2.33. The topological polar surface area (TPSA) is 74.6 Å². The van der Waals surface area contributed by atoms with Crippen molar-refractivity contribution in [2.24, 2.45) is 0 Å². The Morgan fingerprint density at radius 1 is 1.11 bits per heavy atom. The van der Waals surface area contributed by atoms with Gasteiger partial charge < -0.3 is 10.2 Å². The normalized spacial score (nSPS) is 10.3. The molecule has 0 aliphatic heterocycles. The van der Waals surface area contributed by atoms with Crippen LogP contribution in [0.3, 0.4) is 0 Å². The molecular weight excluding hydrogens is 232 g/mol. The van der Waals surface area contributed by atoms with Crippen LogP contribution in [0.2, 0.25) is 0 Å². The number of hydrogen-bond donors (Lipinski definition) is 2. The summed E-state index contributed by atoms with van der Waals surface area (Å²) in [5, 5.41) is 16.6. The van der Waals surface area contributed by atoms with Crippen molar-refractivity contribution >= 4 is 11.9 Å². The van der Waals surface area contributed by atoms with Gasteiger partial charge in [0, 0.05) is 11.1 Å². The lowest BCUT2D eigenvalue weighted by atomic mass is 10.1. The molecule has 18 heavy (non-hydrogen) atoms. The van der Waals surface area contributed by atoms with E-state index in [1.54, 1.807) is 19.9 Å². The van der Waals surface area contributed by atoms with Crippen molar-refractivity contribution < 1.29 is 19.8 Å². The lowest BCUT2D eigenvalue weighted by Crippen LogP contribution is -1.98. The zero-order valence-corrected chi connectivity index (χ0v) is 11.5. The summed E-state index contributed by atoms with van der Waals surface area (Å²) in [6.07, 6.45) is 6.63. The molecule has 0 heterocycles. The number of unbranched alkanes of at least 4 members (excludes halogenated alkanes) is 3. The van der Waals surface area contributed by atoms with Crippen molar-refractivity contribution in [3.8, 4) is 0 Å². The van der Waals surface area contributed by atoms with E-state index < -0.39 is 11.9 Å². The fourth-order valence-electron chi connectivity index (χ4n) is 0.996. The van der Waals surface area contributed by atoms with Gasteiger partial charge in [0.15, 0.2) is 0 Å². The van der Waals surface area contributed by atoms with Gasteiger partial charge in [-0.1, -0.05) is 38.8 Å². The van der Waals surface area contributed by atoms with Gasteiger partial charge in [-0.25, -0.2) is 9.59 Å². The standard InChI is InChI=1S/C9H16O2.C5H8O2/c1-3-4-5-6-7-8(2)9(10)11;1-3-4(2)5(6)7/h2-7H2,1H3,(H,10,11);3H,1-2H3,(H,6,7)/b;4-3+. The largest absolute Gasteiger partial charge is 0.478 e. The first-order chi connectivity index (χ1) is 8.36. The maximum atomic E-state index is 10.3. The number of allylic oxidation sites excluding steroid dienone is 1. The molecule has 4 heteroatoms. The maximum absolute atomic E-state index is 10.3. The lowest BCUT2D eigenvalue weighted by Gasteiger charge is -1.98. The molecule has 0 atom stereocenters. The van der Waals surface area contributed by atoms with E-state index in [0.717, 1.165) is 12.8 Å². The van der Waals surface area contributed by atoms with Crippen molar-refractivity contribution in [1.29, 1.82) is 0 Å². The maximum Gasteiger partial charge on any atom is 0.330 e. The van der Waals surface area contributed by atoms with E-state index >= 15 is 0 Å². The van der Waals surface area contributed by atoms with E-state index in [1.165, 1.54) is 12.8 Å². The average molecular weight is 256 g/mol. The predicted molar refractivity (Wildman–Crippen MR) is 72.6 cm³/mol. The van der Waals surface area contributed by atoms with Crippen LogP contribution in [0.5, 0.6) is 0 Å². The summed E-state index contributed by atoms with van der Waals surface area (Å²) in [6, 6.07) is 0. The first-order valence-electron chi connectivity index (χ1n) is 6.14. The summed E-state index contributed by atoms with van der Waals surface area (Å²) in [7, 11) is 0. The highest BCUT2D eigenvalue weighted by Gasteiger charge is 2.01. The summed E-state index contributed by atoms with van der Waals surface area (Å²) in [5.74, 6) is -1.70. The Kier molecular flexibility index (Phi) is 12.4. The number of rotatable bonds is 7. The Bertz CT molecular complexity index is 303. The van der Waals surface area contributed by atoms with Gasteiger partial charge in [0.05, 0.1) is 0 Å². The van der Waals surface area contributed by atoms with Crippen LogP contribution in [0.15, 0.2) is 23.8 Å². The minimum Gasteiger partial charge on any atom is -0.478 e. The summed E-state index contributed by atoms with van der Waals surface area (Å²) >= 11 is 0. The highest BCUT2D eigenvalue weighted by molar-refractivity contribution is 5.85. The Labute approximate surface area is 109 Å². The van der Waals surface area contributed by atoms with Crippen molar-refractivity contribution in [2.45, 2.75) is 52.9 Å². The molecule has 104 valence electrons. The Balaban J connectivity index is 0. The SMILES string of the molecule is C/C=C(\C)C(=O)O.C=C(CCCCCC)C(=O)O. The fourth-order valence-corrected chi connectivity index (χ4v) is 0.996. The van der Waals surface area contributed by atoms with Crippen molar-refractivity contribution in [1.82, 2.24) is 0 Å². The van der Waals surface area contributed by atoms with Crippen LogP contribution in [0.25, 0.3) is 0 Å². The molecular formula is C14H24O4. The van der Waals surface area contributed by atoms with E-state index in [9.17, 15) is 9.59 Å². The highest BCUT2D eigenvalue weighted by atomic mass is 16.4. The second-order valence-electron chi connectivity index (χ2n) is 4.00. The number of carboxylic acid groups (broad SMARTS) is 2. The van der Waals surface area contributed by atoms with Crippen molar-refractivity contribution in [2.75, 3.05) is 0 Å². The third-order valence-electron chi connectivity index (χ3n) is 2.40. The molecule has 0 aromatic rings. The van der Waals surface area contributed by atoms with Gasteiger partial charge in [0.1, 0.15) is 0 Å². The number of carboxylic acids is 2. The van der Waals surface area contributed by atoms with Crippen molar-refractivity contribution in [3.63, 3.8) is 0 Å². The van der Waals surface area contributed by atoms with Crippen LogP contribution in [0.1, 0.15) is 52.9 Å². The van der Waals surface area contributed by atoms with Crippen LogP contribution >= 0.6 is 0 Å². The van der Waals surface area contributed by atoms with Crippen LogP contribution in [0.4, 0.5) is 0 Å². The molecule has 0 saturated heterocycles. The third kappa shape index (κ3) is 12.5. The molecule has 2 N–H and O–H groups in total. The predicted octanol–water partition coefficient (Wildman–Crippen LogP) is 3.63. The van der Waals surface area contributed by atoms with E-state index in [-0.39, 0.29) is 0 Å². The molecule has 4 nitrogen and oxygen atoms in total. The summed E-state index contributed by atoms with van der Waals surface area (Å²) < 4.78 is 0. The fraction of sp³-hybridized carbons (Fsp3) is 0.571. The molecule has 0 unspecified atom stereocenters. The minimum absolute atomic E-state index is 0.334. The molecule has 0 amide bonds. The van der Waals surface area contributed by atoms with Gasteiger partial charge in [0.25, 0.3) is 0 Å². The molecule has 0 saturated carbocycles. The second kappa shape index (κ2) is 11.9. The van der Waals surface area contributed by atoms with Crippen LogP contribution < -0.4 is 0 Å². The number of carbonyl (C=O) groups is 2. The molecule has 0 aromatic heterocycles. The monoisotopic (exact) mass is 256 g/mol. The second-order valence-corrected chi connectivity index (χ2v) is 4.00. The molecule has 0 aromatic carbocycles. The molecule has 0 radical (unpaired) electrons. The zero-order chi connectivity index (χ0) is 14.6. The summed E-state index contributed by atoms with van der Waals surface area (Å²) in [5.41, 5.74) is 0.723. The highest BCUT2D eigenvalue weighted by Crippen LogP contribution is 2.07. The molecule has 0 aliphatic rings. The Hall–Kier alpha value is -1.58. The van der Waals surface area contributed by atoms with E-state index in [4.69, 9.17) is 10.2 Å². The van der Waals surface area contributed by atoms with Crippen LogP contribution in [0, 0.1) is 0 Å². The number of hydrogen-bond acceptors (Lipinski definition) is 2. The summed E-state index contributed by atoms with van der Waals surface area (Å²) in [6.45, 7) is 8.84. The molecule has 0 bridgehead atoms. The van der Waals surface area contributed by atoms with E-state index in [0.29, 0.717) is 17.6 Å². The lowest BCUT2D eigenvalue weighted by molar-refractivity contribution is -0.133. The van der Waals surface area contributed by atoms with Crippen LogP contribution in [-0.2, 0) is 9.59 Å². The zero-order valence-electron chi connectivity index (χ0n) is 11.5. The van der Waals surface area contributed by atoms with Crippen molar-refractivity contribution in [3.05, 3.63) is 23.8 Å². The smallest absolute Gasteiger partial charge is 0.330 e. The quantitative estimate of drug-likeness (QED) is 0.538. The number of aliphatic carboxylic acids is 2. The molecule has 0 rings (SSSR count). The van der Waals surface area contributed by atoms with Gasteiger partial charge in [-0.15, -0.1) is 0 Å². The Morgan fingerprint density at radius 2 is 1.67 bits per heavy atom. The molecule has 0 spiro atoms. The summed E-state index contributed by atoms with van der Waals surface area (Å²) in [4.78, 5) is 20.1. The Morgan fingerprint density at radius 3 is 1.94 bits per heavy atom. The van der Waals surface area contributed by atoms with Gasteiger partial charge in [-0.2, -0.15) is 0 Å². The molecule has 0 aliphatic carbocycles. The first kappa shape index (κ1) is 18.8. The molecule has 0 fully saturated rings. The van der Waals surface area contributed by atoms with E-state index in [2.05, 4.69) is 13.5 Å².